The lowest BCUT2D eigenvalue weighted by Gasteiger charge is -2.32. The van der Waals surface area contributed by atoms with Crippen LogP contribution in [-0.4, -0.2) is 46.7 Å². The summed E-state index contributed by atoms with van der Waals surface area (Å²) in [5.74, 6) is 0.470. The number of aromatic nitrogens is 2. The number of aryl methyl sites for hydroxylation is 2. The Hall–Kier alpha value is -1.36. The molecule has 1 aliphatic rings. The molecule has 1 saturated heterocycles. The molecule has 1 amide bonds. The molecule has 0 spiro atoms. The van der Waals surface area contributed by atoms with Gasteiger partial charge in [-0.2, -0.15) is 5.10 Å². The van der Waals surface area contributed by atoms with Crippen molar-refractivity contribution in [3.63, 3.8) is 0 Å². The molecule has 19 heavy (non-hydrogen) atoms. The van der Waals surface area contributed by atoms with Gasteiger partial charge in [-0.1, -0.05) is 6.92 Å². The summed E-state index contributed by atoms with van der Waals surface area (Å²) in [6.07, 6.45) is 0.563. The minimum atomic E-state index is 0.219. The summed E-state index contributed by atoms with van der Waals surface area (Å²) in [6, 6.07) is 0.394. The minimum absolute atomic E-state index is 0.219. The lowest BCUT2D eigenvalue weighted by molar-refractivity contribution is -0.132. The highest BCUT2D eigenvalue weighted by Crippen LogP contribution is 2.25. The number of piperazine rings is 1. The van der Waals surface area contributed by atoms with Crippen molar-refractivity contribution < 1.29 is 4.79 Å². The number of hydrogen-bond acceptors (Lipinski definition) is 3. The number of amides is 1. The molecule has 1 aromatic heterocycles. The Bertz CT molecular complexity index is 435. The fraction of sp³-hybridized carbons (Fsp3) is 0.714. The zero-order valence-electron chi connectivity index (χ0n) is 12.3. The molecule has 5 heteroatoms. The number of hydrogen-bond donors (Lipinski definition) is 2. The fourth-order valence-corrected chi connectivity index (χ4v) is 2.94. The molecule has 0 aliphatic carbocycles. The molecule has 0 saturated carbocycles. The predicted molar refractivity (Wildman–Crippen MR) is 75.1 cm³/mol. The summed E-state index contributed by atoms with van der Waals surface area (Å²) in [5, 5.41) is 10.6. The van der Waals surface area contributed by atoms with Gasteiger partial charge in [0.2, 0.25) is 5.91 Å². The highest BCUT2D eigenvalue weighted by molar-refractivity contribution is 5.77. The zero-order chi connectivity index (χ0) is 14.0. The van der Waals surface area contributed by atoms with Gasteiger partial charge in [0.1, 0.15) is 0 Å². The predicted octanol–water partition coefficient (Wildman–Crippen LogP) is 1.34. The standard InChI is InChI=1S/C14H24N4O/c1-9(14-11(3)16-17-12(14)4)7-13(19)18-6-5-15-10(2)8-18/h9-10,15H,5-8H2,1-4H3,(H,16,17)/t9?,10-/m1/s1. The molecule has 1 fully saturated rings. The Morgan fingerprint density at radius 1 is 1.53 bits per heavy atom. The molecule has 2 rings (SSSR count). The largest absolute Gasteiger partial charge is 0.340 e. The molecule has 0 radical (unpaired) electrons. The van der Waals surface area contributed by atoms with E-state index in [0.717, 1.165) is 31.0 Å². The average molecular weight is 264 g/mol. The average Bonchev–Trinajstić information content (AvgIpc) is 2.69. The van der Waals surface area contributed by atoms with Gasteiger partial charge in [0.15, 0.2) is 0 Å². The van der Waals surface area contributed by atoms with E-state index in [1.54, 1.807) is 0 Å². The van der Waals surface area contributed by atoms with E-state index >= 15 is 0 Å². The van der Waals surface area contributed by atoms with Crippen LogP contribution in [0.4, 0.5) is 0 Å². The van der Waals surface area contributed by atoms with Gasteiger partial charge >= 0.3 is 0 Å². The molecule has 2 atom stereocenters. The molecule has 106 valence electrons. The van der Waals surface area contributed by atoms with Crippen molar-refractivity contribution in [2.75, 3.05) is 19.6 Å². The summed E-state index contributed by atoms with van der Waals surface area (Å²) in [7, 11) is 0. The number of rotatable bonds is 3. The van der Waals surface area contributed by atoms with E-state index in [0.29, 0.717) is 12.5 Å². The smallest absolute Gasteiger partial charge is 0.223 e. The van der Waals surface area contributed by atoms with Gasteiger partial charge < -0.3 is 10.2 Å². The lowest BCUT2D eigenvalue weighted by Crippen LogP contribution is -2.51. The van der Waals surface area contributed by atoms with Crippen LogP contribution >= 0.6 is 0 Å². The second-order valence-corrected chi connectivity index (χ2v) is 5.65. The van der Waals surface area contributed by atoms with E-state index in [-0.39, 0.29) is 11.8 Å². The Morgan fingerprint density at radius 3 is 2.84 bits per heavy atom. The molecular formula is C14H24N4O. The van der Waals surface area contributed by atoms with Crippen LogP contribution in [0.3, 0.4) is 0 Å². The van der Waals surface area contributed by atoms with Gasteiger partial charge in [-0.15, -0.1) is 0 Å². The van der Waals surface area contributed by atoms with Crippen LogP contribution in [0, 0.1) is 13.8 Å². The fourth-order valence-electron chi connectivity index (χ4n) is 2.94. The van der Waals surface area contributed by atoms with E-state index in [1.165, 1.54) is 5.56 Å². The van der Waals surface area contributed by atoms with Gasteiger partial charge in [0, 0.05) is 37.8 Å². The van der Waals surface area contributed by atoms with E-state index < -0.39 is 0 Å². The summed E-state index contributed by atoms with van der Waals surface area (Å²) in [6.45, 7) is 10.8. The number of H-pyrrole nitrogens is 1. The van der Waals surface area contributed by atoms with Crippen molar-refractivity contribution in [1.29, 1.82) is 0 Å². The highest BCUT2D eigenvalue weighted by atomic mass is 16.2. The second-order valence-electron chi connectivity index (χ2n) is 5.65. The summed E-state index contributed by atoms with van der Waals surface area (Å²) in [5.41, 5.74) is 3.27. The molecule has 2 heterocycles. The van der Waals surface area contributed by atoms with Crippen LogP contribution in [0.2, 0.25) is 0 Å². The third-order valence-electron chi connectivity index (χ3n) is 3.88. The SMILES string of the molecule is Cc1n[nH]c(C)c1C(C)CC(=O)N1CCN[C@H](C)C1. The minimum Gasteiger partial charge on any atom is -0.340 e. The molecule has 0 aromatic carbocycles. The first-order valence-electron chi connectivity index (χ1n) is 7.01. The maximum atomic E-state index is 12.3. The van der Waals surface area contributed by atoms with Crippen LogP contribution in [0.15, 0.2) is 0 Å². The normalized spacial score (nSPS) is 21.5. The first-order chi connectivity index (χ1) is 8.99. The summed E-state index contributed by atoms with van der Waals surface area (Å²) >= 11 is 0. The highest BCUT2D eigenvalue weighted by Gasteiger charge is 2.24. The number of carbonyl (C=O) groups is 1. The maximum Gasteiger partial charge on any atom is 0.223 e. The van der Waals surface area contributed by atoms with E-state index in [9.17, 15) is 4.79 Å². The van der Waals surface area contributed by atoms with Gasteiger partial charge in [0.05, 0.1) is 5.69 Å². The molecule has 1 aromatic rings. The Balaban J connectivity index is 1.99. The Kier molecular flexibility index (Phi) is 4.24. The third-order valence-corrected chi connectivity index (χ3v) is 3.88. The van der Waals surface area contributed by atoms with Crippen LogP contribution < -0.4 is 5.32 Å². The number of nitrogens with zero attached hydrogens (tertiary/aromatic N) is 2. The maximum absolute atomic E-state index is 12.3. The number of nitrogens with one attached hydrogen (secondary N) is 2. The van der Waals surface area contributed by atoms with Crippen LogP contribution in [0.1, 0.15) is 43.1 Å². The molecule has 0 bridgehead atoms. The lowest BCUT2D eigenvalue weighted by atomic mass is 9.95. The molecule has 1 unspecified atom stereocenters. The first kappa shape index (κ1) is 14.1. The van der Waals surface area contributed by atoms with Crippen molar-refractivity contribution >= 4 is 5.91 Å². The van der Waals surface area contributed by atoms with E-state index in [4.69, 9.17) is 0 Å². The molecule has 2 N–H and O–H groups in total. The number of aromatic amines is 1. The van der Waals surface area contributed by atoms with Crippen LogP contribution in [0.5, 0.6) is 0 Å². The quantitative estimate of drug-likeness (QED) is 0.866. The van der Waals surface area contributed by atoms with E-state index in [2.05, 4.69) is 29.4 Å². The van der Waals surface area contributed by atoms with Crippen LogP contribution in [0.25, 0.3) is 0 Å². The Labute approximate surface area is 114 Å². The van der Waals surface area contributed by atoms with Gasteiger partial charge in [-0.05, 0) is 32.3 Å². The van der Waals surface area contributed by atoms with Crippen molar-refractivity contribution in [2.45, 2.75) is 46.1 Å². The van der Waals surface area contributed by atoms with Gasteiger partial charge in [-0.25, -0.2) is 0 Å². The van der Waals surface area contributed by atoms with Gasteiger partial charge in [0.25, 0.3) is 0 Å². The monoisotopic (exact) mass is 264 g/mol. The number of carbonyl (C=O) groups excluding carboxylic acids is 1. The second kappa shape index (κ2) is 5.74. The van der Waals surface area contributed by atoms with E-state index in [1.807, 2.05) is 18.7 Å². The molecule has 5 nitrogen and oxygen atoms in total. The third kappa shape index (κ3) is 3.15. The topological polar surface area (TPSA) is 61.0 Å². The first-order valence-corrected chi connectivity index (χ1v) is 7.01. The van der Waals surface area contributed by atoms with Crippen molar-refractivity contribution in [3.05, 3.63) is 17.0 Å². The molecular weight excluding hydrogens is 240 g/mol. The van der Waals surface area contributed by atoms with Crippen molar-refractivity contribution in [2.24, 2.45) is 0 Å². The van der Waals surface area contributed by atoms with Crippen molar-refractivity contribution in [1.82, 2.24) is 20.4 Å². The Morgan fingerprint density at radius 2 is 2.26 bits per heavy atom. The summed E-state index contributed by atoms with van der Waals surface area (Å²) in [4.78, 5) is 14.3. The van der Waals surface area contributed by atoms with Gasteiger partial charge in [-0.3, -0.25) is 9.89 Å². The molecule has 1 aliphatic heterocycles. The van der Waals surface area contributed by atoms with Crippen molar-refractivity contribution in [3.8, 4) is 0 Å². The van der Waals surface area contributed by atoms with Crippen LogP contribution in [-0.2, 0) is 4.79 Å². The zero-order valence-corrected chi connectivity index (χ0v) is 12.3. The summed E-state index contributed by atoms with van der Waals surface area (Å²) < 4.78 is 0.